The third kappa shape index (κ3) is 5.19. The number of carbonyl (C=O) groups excluding carboxylic acids is 1. The first-order valence-corrected chi connectivity index (χ1v) is 6.57. The highest BCUT2D eigenvalue weighted by molar-refractivity contribution is 7.98. The number of hydrogen-bond donors (Lipinski definition) is 2. The van der Waals surface area contributed by atoms with Crippen LogP contribution in [0.25, 0.3) is 0 Å². The van der Waals surface area contributed by atoms with E-state index in [0.717, 1.165) is 19.5 Å². The van der Waals surface area contributed by atoms with E-state index in [1.807, 2.05) is 0 Å². The van der Waals surface area contributed by atoms with Crippen molar-refractivity contribution >= 4 is 17.7 Å². The Balaban J connectivity index is 2.19. The minimum Gasteiger partial charge on any atom is -0.370 e. The fourth-order valence-electron chi connectivity index (χ4n) is 1.36. The van der Waals surface area contributed by atoms with Gasteiger partial charge in [0.15, 0.2) is 0 Å². The Morgan fingerprint density at radius 1 is 1.38 bits per heavy atom. The molecule has 0 aromatic heterocycles. The van der Waals surface area contributed by atoms with E-state index in [2.05, 4.69) is 35.8 Å². The molecule has 3 nitrogen and oxygen atoms in total. The summed E-state index contributed by atoms with van der Waals surface area (Å²) in [6.07, 6.45) is 3.33. The molecule has 0 atom stereocenters. The van der Waals surface area contributed by atoms with Crippen molar-refractivity contribution in [3.05, 3.63) is 29.8 Å². The lowest BCUT2D eigenvalue weighted by Crippen LogP contribution is -2.18. The van der Waals surface area contributed by atoms with E-state index >= 15 is 0 Å². The molecule has 0 saturated carbocycles. The fraction of sp³-hybridized carbons (Fsp3) is 0.417. The quantitative estimate of drug-likeness (QED) is 0.562. The monoisotopic (exact) mass is 238 g/mol. The number of nitrogens with one attached hydrogen (secondary N) is 1. The standard InChI is InChI=1S/C12H18N2OS/c1-16-11-6-4-10(5-7-11)9-14-8-2-3-12(13)15/h4-7,14H,2-3,8-9H2,1H3,(H2,13,15). The zero-order valence-electron chi connectivity index (χ0n) is 9.53. The maximum atomic E-state index is 10.5. The lowest BCUT2D eigenvalue weighted by molar-refractivity contribution is -0.118. The number of nitrogens with two attached hydrogens (primary N) is 1. The molecule has 0 unspecified atom stereocenters. The van der Waals surface area contributed by atoms with Crippen LogP contribution in [0.1, 0.15) is 18.4 Å². The molecule has 1 amide bonds. The summed E-state index contributed by atoms with van der Waals surface area (Å²) >= 11 is 1.74. The van der Waals surface area contributed by atoms with Gasteiger partial charge in [0.25, 0.3) is 0 Å². The molecule has 3 N–H and O–H groups in total. The molecule has 0 fully saturated rings. The first-order chi connectivity index (χ1) is 7.72. The van der Waals surface area contributed by atoms with Gasteiger partial charge in [-0.05, 0) is 36.9 Å². The molecule has 1 aromatic rings. The second-order valence-electron chi connectivity index (χ2n) is 3.59. The summed E-state index contributed by atoms with van der Waals surface area (Å²) in [5, 5.41) is 3.28. The van der Waals surface area contributed by atoms with E-state index in [0.29, 0.717) is 6.42 Å². The van der Waals surface area contributed by atoms with Crippen LogP contribution in [0.3, 0.4) is 0 Å². The summed E-state index contributed by atoms with van der Waals surface area (Å²) in [5.74, 6) is -0.230. The average Bonchev–Trinajstić information content (AvgIpc) is 2.29. The maximum absolute atomic E-state index is 10.5. The van der Waals surface area contributed by atoms with Crippen molar-refractivity contribution in [2.24, 2.45) is 5.73 Å². The van der Waals surface area contributed by atoms with Crippen molar-refractivity contribution in [3.8, 4) is 0 Å². The molecular weight excluding hydrogens is 220 g/mol. The van der Waals surface area contributed by atoms with Crippen molar-refractivity contribution in [3.63, 3.8) is 0 Å². The summed E-state index contributed by atoms with van der Waals surface area (Å²) in [6.45, 7) is 1.67. The van der Waals surface area contributed by atoms with Crippen LogP contribution in [-0.4, -0.2) is 18.7 Å². The van der Waals surface area contributed by atoms with Gasteiger partial charge < -0.3 is 11.1 Å². The summed E-state index contributed by atoms with van der Waals surface area (Å²) in [6, 6.07) is 8.47. The van der Waals surface area contributed by atoms with E-state index in [1.165, 1.54) is 10.5 Å². The van der Waals surface area contributed by atoms with Crippen molar-refractivity contribution in [1.82, 2.24) is 5.32 Å². The summed E-state index contributed by atoms with van der Waals surface area (Å²) < 4.78 is 0. The van der Waals surface area contributed by atoms with Gasteiger partial charge in [0.05, 0.1) is 0 Å². The highest BCUT2D eigenvalue weighted by Crippen LogP contribution is 2.14. The van der Waals surface area contributed by atoms with E-state index < -0.39 is 0 Å². The van der Waals surface area contributed by atoms with Crippen LogP contribution in [0, 0.1) is 0 Å². The smallest absolute Gasteiger partial charge is 0.217 e. The van der Waals surface area contributed by atoms with E-state index in [1.54, 1.807) is 11.8 Å². The molecule has 0 aliphatic carbocycles. The molecule has 0 radical (unpaired) electrons. The van der Waals surface area contributed by atoms with Gasteiger partial charge >= 0.3 is 0 Å². The van der Waals surface area contributed by atoms with Crippen molar-refractivity contribution in [2.75, 3.05) is 12.8 Å². The zero-order chi connectivity index (χ0) is 11.8. The van der Waals surface area contributed by atoms with Crippen molar-refractivity contribution in [2.45, 2.75) is 24.3 Å². The molecule has 88 valence electrons. The fourth-order valence-corrected chi connectivity index (χ4v) is 1.77. The number of carbonyl (C=O) groups is 1. The molecule has 0 heterocycles. The Labute approximate surface area is 101 Å². The zero-order valence-corrected chi connectivity index (χ0v) is 10.3. The minimum atomic E-state index is -0.230. The van der Waals surface area contributed by atoms with Gasteiger partial charge in [0, 0.05) is 17.9 Å². The molecule has 4 heteroatoms. The summed E-state index contributed by atoms with van der Waals surface area (Å²) in [7, 11) is 0. The van der Waals surface area contributed by atoms with Gasteiger partial charge in [-0.1, -0.05) is 12.1 Å². The second kappa shape index (κ2) is 7.30. The van der Waals surface area contributed by atoms with E-state index in [9.17, 15) is 4.79 Å². The van der Waals surface area contributed by atoms with Crippen LogP contribution in [0.4, 0.5) is 0 Å². The van der Waals surface area contributed by atoms with Crippen LogP contribution in [0.5, 0.6) is 0 Å². The van der Waals surface area contributed by atoms with Gasteiger partial charge in [-0.3, -0.25) is 4.79 Å². The number of hydrogen-bond acceptors (Lipinski definition) is 3. The largest absolute Gasteiger partial charge is 0.370 e. The highest BCUT2D eigenvalue weighted by Gasteiger charge is 1.95. The van der Waals surface area contributed by atoms with Gasteiger partial charge in [-0.2, -0.15) is 0 Å². The molecule has 0 saturated heterocycles. The number of rotatable bonds is 7. The highest BCUT2D eigenvalue weighted by atomic mass is 32.2. The van der Waals surface area contributed by atoms with Crippen LogP contribution in [0.15, 0.2) is 29.2 Å². The molecule has 1 rings (SSSR count). The van der Waals surface area contributed by atoms with E-state index in [4.69, 9.17) is 5.73 Å². The maximum Gasteiger partial charge on any atom is 0.217 e. The molecule has 0 bridgehead atoms. The van der Waals surface area contributed by atoms with Crippen LogP contribution in [0.2, 0.25) is 0 Å². The first kappa shape index (κ1) is 13.1. The van der Waals surface area contributed by atoms with Gasteiger partial charge in [-0.15, -0.1) is 11.8 Å². The SMILES string of the molecule is CSc1ccc(CNCCCC(N)=O)cc1. The molecule has 16 heavy (non-hydrogen) atoms. The van der Waals surface area contributed by atoms with Gasteiger partial charge in [0.2, 0.25) is 5.91 Å². The Morgan fingerprint density at radius 2 is 2.06 bits per heavy atom. The van der Waals surface area contributed by atoms with Crippen LogP contribution in [-0.2, 0) is 11.3 Å². The van der Waals surface area contributed by atoms with Gasteiger partial charge in [0.1, 0.15) is 0 Å². The van der Waals surface area contributed by atoms with Crippen molar-refractivity contribution in [1.29, 1.82) is 0 Å². The summed E-state index contributed by atoms with van der Waals surface area (Å²) in [5.41, 5.74) is 6.31. The third-order valence-corrected chi connectivity index (χ3v) is 3.01. The van der Waals surface area contributed by atoms with Crippen LogP contribution < -0.4 is 11.1 Å². The first-order valence-electron chi connectivity index (χ1n) is 5.34. The minimum absolute atomic E-state index is 0.230. The molecule has 1 aromatic carbocycles. The Kier molecular flexibility index (Phi) is 5.96. The van der Waals surface area contributed by atoms with Crippen LogP contribution >= 0.6 is 11.8 Å². The topological polar surface area (TPSA) is 55.1 Å². The molecule has 0 aliphatic heterocycles. The molecule has 0 aliphatic rings. The Hall–Kier alpha value is -1.00. The van der Waals surface area contributed by atoms with Gasteiger partial charge in [-0.25, -0.2) is 0 Å². The number of primary amides is 1. The Morgan fingerprint density at radius 3 is 2.62 bits per heavy atom. The molecule has 0 spiro atoms. The van der Waals surface area contributed by atoms with E-state index in [-0.39, 0.29) is 5.91 Å². The number of amides is 1. The second-order valence-corrected chi connectivity index (χ2v) is 4.47. The Bertz CT molecular complexity index is 324. The predicted octanol–water partition coefficient (Wildman–Crippen LogP) is 1.76. The average molecular weight is 238 g/mol. The third-order valence-electron chi connectivity index (χ3n) is 2.26. The number of benzene rings is 1. The normalized spacial score (nSPS) is 10.3. The lowest BCUT2D eigenvalue weighted by Gasteiger charge is -2.04. The van der Waals surface area contributed by atoms with Crippen molar-refractivity contribution < 1.29 is 4.79 Å². The summed E-state index contributed by atoms with van der Waals surface area (Å²) in [4.78, 5) is 11.8. The predicted molar refractivity (Wildman–Crippen MR) is 68.4 cm³/mol. The lowest BCUT2D eigenvalue weighted by atomic mass is 10.2. The number of thioether (sulfide) groups is 1. The molecular formula is C12H18N2OS.